The van der Waals surface area contributed by atoms with Crippen molar-refractivity contribution in [1.82, 2.24) is 15.6 Å². The molecule has 6 heteroatoms. The maximum absolute atomic E-state index is 13.6. The van der Waals surface area contributed by atoms with E-state index in [9.17, 15) is 8.78 Å². The van der Waals surface area contributed by atoms with E-state index < -0.39 is 0 Å². The first-order valence-corrected chi connectivity index (χ1v) is 7.34. The molecule has 2 N–H and O–H groups in total. The topological polar surface area (TPSA) is 49.3 Å². The summed E-state index contributed by atoms with van der Waals surface area (Å²) >= 11 is 0. The molecule has 122 valence electrons. The van der Waals surface area contributed by atoms with Gasteiger partial charge >= 0.3 is 0 Å². The molecule has 0 bridgehead atoms. The summed E-state index contributed by atoms with van der Waals surface area (Å²) < 4.78 is 27.2. The standard InChI is InChI=1S/C17H20F2N4/c1-11-6-7-13(9-15(11)19)12(2)23-17(20-3)22-10-16-14(18)5-4-8-21-16/h4-9,12H,10H2,1-3H3,(H2,20,22,23). The summed E-state index contributed by atoms with van der Waals surface area (Å²) in [6.45, 7) is 3.83. The molecule has 0 saturated heterocycles. The Hall–Kier alpha value is -2.50. The zero-order chi connectivity index (χ0) is 16.8. The zero-order valence-electron chi connectivity index (χ0n) is 13.4. The average molecular weight is 318 g/mol. The Morgan fingerprint density at radius 2 is 2.04 bits per heavy atom. The third-order valence-electron chi connectivity index (χ3n) is 3.53. The highest BCUT2D eigenvalue weighted by Crippen LogP contribution is 2.16. The van der Waals surface area contributed by atoms with Gasteiger partial charge in [0.2, 0.25) is 0 Å². The highest BCUT2D eigenvalue weighted by atomic mass is 19.1. The van der Waals surface area contributed by atoms with Crippen molar-refractivity contribution in [2.75, 3.05) is 7.05 Å². The maximum Gasteiger partial charge on any atom is 0.191 e. The first kappa shape index (κ1) is 16.9. The number of nitrogens with one attached hydrogen (secondary N) is 2. The van der Waals surface area contributed by atoms with Crippen molar-refractivity contribution in [2.24, 2.45) is 4.99 Å². The van der Waals surface area contributed by atoms with Crippen LogP contribution in [0.5, 0.6) is 0 Å². The predicted octanol–water partition coefficient (Wildman–Crippen LogP) is 3.09. The molecule has 2 aromatic rings. The smallest absolute Gasteiger partial charge is 0.191 e. The summed E-state index contributed by atoms with van der Waals surface area (Å²) in [4.78, 5) is 8.06. The Kier molecular flexibility index (Phi) is 5.62. The summed E-state index contributed by atoms with van der Waals surface area (Å²) in [6, 6.07) is 7.85. The number of aliphatic imine (C=N–C) groups is 1. The minimum atomic E-state index is -0.371. The second kappa shape index (κ2) is 7.67. The lowest BCUT2D eigenvalue weighted by molar-refractivity contribution is 0.589. The van der Waals surface area contributed by atoms with Gasteiger partial charge in [0.1, 0.15) is 11.6 Å². The van der Waals surface area contributed by atoms with Crippen LogP contribution in [0.25, 0.3) is 0 Å². The molecule has 0 aliphatic rings. The number of guanidine groups is 1. The monoisotopic (exact) mass is 318 g/mol. The minimum Gasteiger partial charge on any atom is -0.351 e. The maximum atomic E-state index is 13.6. The van der Waals surface area contributed by atoms with Crippen LogP contribution in [0.2, 0.25) is 0 Å². The van der Waals surface area contributed by atoms with E-state index in [1.165, 1.54) is 18.3 Å². The van der Waals surface area contributed by atoms with Crippen molar-refractivity contribution >= 4 is 5.96 Å². The lowest BCUT2D eigenvalue weighted by Crippen LogP contribution is -2.38. The highest BCUT2D eigenvalue weighted by Gasteiger charge is 2.10. The first-order valence-electron chi connectivity index (χ1n) is 7.34. The zero-order valence-corrected chi connectivity index (χ0v) is 13.4. The summed E-state index contributed by atoms with van der Waals surface area (Å²) in [5.74, 6) is -0.123. The van der Waals surface area contributed by atoms with Gasteiger partial charge in [0, 0.05) is 13.2 Å². The molecule has 0 saturated carbocycles. The highest BCUT2D eigenvalue weighted by molar-refractivity contribution is 5.80. The molecule has 1 unspecified atom stereocenters. The van der Waals surface area contributed by atoms with Gasteiger partial charge < -0.3 is 10.6 Å². The van der Waals surface area contributed by atoms with Crippen molar-refractivity contribution in [1.29, 1.82) is 0 Å². The fourth-order valence-corrected chi connectivity index (χ4v) is 2.08. The number of hydrogen-bond acceptors (Lipinski definition) is 2. The minimum absolute atomic E-state index is 0.148. The third kappa shape index (κ3) is 4.48. The number of pyridine rings is 1. The quantitative estimate of drug-likeness (QED) is 0.673. The van der Waals surface area contributed by atoms with Crippen LogP contribution in [-0.4, -0.2) is 18.0 Å². The van der Waals surface area contributed by atoms with Crippen molar-refractivity contribution in [3.63, 3.8) is 0 Å². The van der Waals surface area contributed by atoms with Crippen molar-refractivity contribution < 1.29 is 8.78 Å². The van der Waals surface area contributed by atoms with Gasteiger partial charge in [-0.15, -0.1) is 0 Å². The number of aryl methyl sites for hydroxylation is 1. The van der Waals surface area contributed by atoms with Crippen molar-refractivity contribution in [3.8, 4) is 0 Å². The van der Waals surface area contributed by atoms with E-state index in [4.69, 9.17) is 0 Å². The van der Waals surface area contributed by atoms with Crippen LogP contribution < -0.4 is 10.6 Å². The van der Waals surface area contributed by atoms with Gasteiger partial charge in [-0.2, -0.15) is 0 Å². The van der Waals surface area contributed by atoms with Crippen molar-refractivity contribution in [2.45, 2.75) is 26.4 Å². The van der Waals surface area contributed by atoms with Crippen LogP contribution in [-0.2, 0) is 6.54 Å². The van der Waals surface area contributed by atoms with Gasteiger partial charge in [0.25, 0.3) is 0 Å². The van der Waals surface area contributed by atoms with Gasteiger partial charge in [0.15, 0.2) is 5.96 Å². The van der Waals surface area contributed by atoms with E-state index in [0.717, 1.165) is 5.56 Å². The molecule has 0 aliphatic carbocycles. The van der Waals surface area contributed by atoms with Crippen LogP contribution in [0.1, 0.15) is 29.8 Å². The SMILES string of the molecule is CN=C(NCc1ncccc1F)NC(C)c1ccc(C)c(F)c1. The predicted molar refractivity (Wildman–Crippen MR) is 87.1 cm³/mol. The van der Waals surface area contributed by atoms with Crippen LogP contribution in [0.15, 0.2) is 41.5 Å². The molecular formula is C17H20F2N4. The molecule has 1 heterocycles. The Bertz CT molecular complexity index is 701. The lowest BCUT2D eigenvalue weighted by Gasteiger charge is -2.18. The van der Waals surface area contributed by atoms with E-state index in [1.54, 1.807) is 26.1 Å². The fourth-order valence-electron chi connectivity index (χ4n) is 2.08. The second-order valence-corrected chi connectivity index (χ2v) is 5.23. The van der Waals surface area contributed by atoms with E-state index >= 15 is 0 Å². The molecule has 2 rings (SSSR count). The number of hydrogen-bond donors (Lipinski definition) is 2. The normalized spacial score (nSPS) is 12.8. The summed E-state index contributed by atoms with van der Waals surface area (Å²) in [7, 11) is 1.62. The second-order valence-electron chi connectivity index (χ2n) is 5.23. The first-order chi connectivity index (χ1) is 11.0. The molecule has 1 aromatic heterocycles. The summed E-state index contributed by atoms with van der Waals surface area (Å²) in [6.07, 6.45) is 1.54. The van der Waals surface area contributed by atoms with Crippen LogP contribution >= 0.6 is 0 Å². The largest absolute Gasteiger partial charge is 0.351 e. The van der Waals surface area contributed by atoms with Crippen LogP contribution in [0.4, 0.5) is 8.78 Å². The lowest BCUT2D eigenvalue weighted by atomic mass is 10.1. The Morgan fingerprint density at radius 1 is 1.26 bits per heavy atom. The number of rotatable bonds is 4. The van der Waals surface area contributed by atoms with Gasteiger partial charge in [0.05, 0.1) is 18.3 Å². The summed E-state index contributed by atoms with van der Waals surface area (Å²) in [5, 5.41) is 6.14. The van der Waals surface area contributed by atoms with Gasteiger partial charge in [-0.1, -0.05) is 12.1 Å². The number of benzene rings is 1. The van der Waals surface area contributed by atoms with E-state index in [0.29, 0.717) is 17.2 Å². The van der Waals surface area contributed by atoms with Gasteiger partial charge in [-0.3, -0.25) is 9.98 Å². The van der Waals surface area contributed by atoms with Crippen molar-refractivity contribution in [3.05, 3.63) is 65.0 Å². The molecule has 4 nitrogen and oxygen atoms in total. The van der Waals surface area contributed by atoms with E-state index in [2.05, 4.69) is 20.6 Å². The van der Waals surface area contributed by atoms with E-state index in [1.807, 2.05) is 13.0 Å². The third-order valence-corrected chi connectivity index (χ3v) is 3.53. The fraction of sp³-hybridized carbons (Fsp3) is 0.294. The molecule has 0 spiro atoms. The number of aromatic nitrogens is 1. The number of halogens is 2. The molecule has 0 amide bonds. The van der Waals surface area contributed by atoms with Gasteiger partial charge in [-0.25, -0.2) is 8.78 Å². The molecule has 23 heavy (non-hydrogen) atoms. The molecule has 0 fully saturated rings. The van der Waals surface area contributed by atoms with Crippen LogP contribution in [0, 0.1) is 18.6 Å². The number of nitrogens with zero attached hydrogens (tertiary/aromatic N) is 2. The Labute approximate surface area is 134 Å². The molecule has 0 aliphatic heterocycles. The molecular weight excluding hydrogens is 298 g/mol. The Balaban J connectivity index is 1.99. The molecule has 0 radical (unpaired) electrons. The average Bonchev–Trinajstić information content (AvgIpc) is 2.55. The Morgan fingerprint density at radius 3 is 2.70 bits per heavy atom. The molecule has 1 aromatic carbocycles. The van der Waals surface area contributed by atoms with Gasteiger partial charge in [-0.05, 0) is 43.2 Å². The summed E-state index contributed by atoms with van der Waals surface area (Å²) in [5.41, 5.74) is 1.72. The van der Waals surface area contributed by atoms with Crippen LogP contribution in [0.3, 0.4) is 0 Å². The van der Waals surface area contributed by atoms with E-state index in [-0.39, 0.29) is 24.2 Å². The molecule has 1 atom stereocenters.